The molecule has 0 aliphatic rings. The lowest BCUT2D eigenvalue weighted by Crippen LogP contribution is -1.57. The highest BCUT2D eigenvalue weighted by atomic mass is 127. The molecule has 0 fully saturated rings. The van der Waals surface area contributed by atoms with E-state index in [1.165, 1.54) is 8.93 Å². The van der Waals surface area contributed by atoms with Crippen molar-refractivity contribution in [2.45, 2.75) is 0 Å². The van der Waals surface area contributed by atoms with Crippen molar-refractivity contribution < 1.29 is 4.42 Å². The van der Waals surface area contributed by atoms with Crippen LogP contribution in [-0.2, 0) is 0 Å². The summed E-state index contributed by atoms with van der Waals surface area (Å²) >= 11 is 2.11. The first kappa shape index (κ1) is 7.03. The van der Waals surface area contributed by atoms with Gasteiger partial charge in [0, 0.05) is 21.2 Å². The van der Waals surface area contributed by atoms with Gasteiger partial charge in [0.1, 0.15) is 0 Å². The molecule has 46 valence electrons. The quantitative estimate of drug-likeness (QED) is 0.518. The maximum atomic E-state index is 4.95. The van der Waals surface area contributed by atoms with Crippen molar-refractivity contribution in [1.82, 2.24) is 0 Å². The van der Waals surface area contributed by atoms with E-state index in [9.17, 15) is 0 Å². The zero-order valence-corrected chi connectivity index (χ0v) is 7.40. The zero-order chi connectivity index (χ0) is 6.53. The first-order chi connectivity index (χ1) is 4.43. The van der Waals surface area contributed by atoms with E-state index >= 15 is 0 Å². The molecule has 0 N–H and O–H groups in total. The van der Waals surface area contributed by atoms with Gasteiger partial charge in [0.25, 0.3) is 0 Å². The van der Waals surface area contributed by atoms with Gasteiger partial charge >= 0.3 is 0 Å². The summed E-state index contributed by atoms with van der Waals surface area (Å²) in [6.07, 6.45) is 1.61. The molecule has 0 spiro atoms. The Balaban J connectivity index is 2.67. The lowest BCUT2D eigenvalue weighted by molar-refractivity contribution is 0.554. The fraction of sp³-hybridized carbons (Fsp3) is 0. The minimum Gasteiger partial charge on any atom is -0.456 e. The molecule has 1 aromatic rings. The molecule has 3 heteroatoms. The monoisotopic (exact) mass is 250 g/mol. The van der Waals surface area contributed by atoms with E-state index in [1.807, 2.05) is 12.1 Å². The van der Waals surface area contributed by atoms with Crippen LogP contribution < -0.4 is 0 Å². The summed E-state index contributed by atoms with van der Waals surface area (Å²) in [5.41, 5.74) is 0. The van der Waals surface area contributed by atoms with Crippen LogP contribution in [-0.4, -0.2) is 0 Å². The van der Waals surface area contributed by atoms with E-state index in [2.05, 4.69) is 32.4 Å². The van der Waals surface area contributed by atoms with Gasteiger partial charge in [0.2, 0.25) is 0 Å². The first-order valence-electron chi connectivity index (χ1n) is 2.25. The van der Waals surface area contributed by atoms with Gasteiger partial charge < -0.3 is 4.42 Å². The topological polar surface area (TPSA) is 13.1 Å². The van der Waals surface area contributed by atoms with Gasteiger partial charge in [-0.15, -0.1) is 0 Å². The first-order valence-corrected chi connectivity index (χ1v) is 5.61. The lowest BCUT2D eigenvalue weighted by atomic mass is 10.5. The third-order valence-corrected chi connectivity index (χ3v) is 1.57. The molecule has 0 saturated carbocycles. The van der Waals surface area contributed by atoms with E-state index < -0.39 is 0 Å². The van der Waals surface area contributed by atoms with Crippen LogP contribution in [0.2, 0.25) is 0 Å². The molecule has 0 atom stereocenters. The van der Waals surface area contributed by atoms with Crippen molar-refractivity contribution >= 4 is 30.1 Å². The van der Waals surface area contributed by atoms with E-state index in [0.717, 1.165) is 5.76 Å². The van der Waals surface area contributed by atoms with Crippen molar-refractivity contribution in [1.29, 1.82) is 0 Å². The number of hydrogen-bond acceptors (Lipinski definition) is 2. The van der Waals surface area contributed by atoms with Crippen molar-refractivity contribution in [2.75, 3.05) is 0 Å². The van der Waals surface area contributed by atoms with Crippen LogP contribution in [0, 0.1) is 11.2 Å². The minimum absolute atomic E-state index is 0.721. The molecule has 0 radical (unpaired) electrons. The molecule has 0 saturated heterocycles. The van der Waals surface area contributed by atoms with Crippen LogP contribution in [0.25, 0.3) is 0 Å². The van der Waals surface area contributed by atoms with E-state index in [4.69, 9.17) is 4.42 Å². The fourth-order valence-corrected chi connectivity index (χ4v) is 0.889. The van der Waals surface area contributed by atoms with Gasteiger partial charge in [-0.05, 0) is 32.2 Å². The second-order valence-electron chi connectivity index (χ2n) is 1.28. The highest BCUT2D eigenvalue weighted by molar-refractivity contribution is 14.2. The Labute approximate surface area is 69.8 Å². The largest absolute Gasteiger partial charge is 0.456 e. The predicted molar refractivity (Wildman–Crippen MR) is 47.2 cm³/mol. The average molecular weight is 250 g/mol. The van der Waals surface area contributed by atoms with Crippen LogP contribution in [0.1, 0.15) is 5.76 Å². The summed E-state index contributed by atoms with van der Waals surface area (Å²) in [6.45, 7) is 0. The van der Waals surface area contributed by atoms with E-state index in [0.29, 0.717) is 0 Å². The van der Waals surface area contributed by atoms with Gasteiger partial charge in [0.05, 0.1) is 6.26 Å². The van der Waals surface area contributed by atoms with E-state index in [-0.39, 0.29) is 0 Å². The Kier molecular flexibility index (Phi) is 3.01. The molecule has 0 amide bonds. The molecule has 1 nitrogen and oxygen atoms in total. The molecule has 0 aromatic carbocycles. The van der Waals surface area contributed by atoms with Crippen LogP contribution in [0.4, 0.5) is 0 Å². The van der Waals surface area contributed by atoms with Gasteiger partial charge in [-0.3, -0.25) is 0 Å². The lowest BCUT2D eigenvalue weighted by Gasteiger charge is -1.72. The zero-order valence-electron chi connectivity index (χ0n) is 4.43. The van der Waals surface area contributed by atoms with Crippen LogP contribution >= 0.6 is 30.1 Å². The fourth-order valence-electron chi connectivity index (χ4n) is 0.419. The van der Waals surface area contributed by atoms with Gasteiger partial charge in [-0.1, -0.05) is 0 Å². The van der Waals surface area contributed by atoms with Crippen molar-refractivity contribution in [2.24, 2.45) is 0 Å². The molecule has 0 unspecified atom stereocenters. The standard InChI is InChI=1S/C6H3IOS/c7-9-5-3-6-2-1-4-8-6/h1-2,4H. The Morgan fingerprint density at radius 2 is 2.56 bits per heavy atom. The number of halogens is 1. The highest BCUT2D eigenvalue weighted by Gasteiger charge is 1.83. The van der Waals surface area contributed by atoms with E-state index in [1.54, 1.807) is 6.26 Å². The Morgan fingerprint density at radius 1 is 1.67 bits per heavy atom. The summed E-state index contributed by atoms with van der Waals surface area (Å²) in [4.78, 5) is 0. The molecule has 1 heterocycles. The third-order valence-electron chi connectivity index (χ3n) is 0.734. The molecule has 0 aliphatic carbocycles. The number of furan rings is 1. The van der Waals surface area contributed by atoms with Crippen molar-refractivity contribution in [3.05, 3.63) is 24.2 Å². The molecule has 1 aromatic heterocycles. The SMILES string of the molecule is ISC#Cc1ccco1. The summed E-state index contributed by atoms with van der Waals surface area (Å²) in [5, 5.41) is 2.81. The third kappa shape index (κ3) is 2.33. The second kappa shape index (κ2) is 3.85. The molecule has 9 heavy (non-hydrogen) atoms. The summed E-state index contributed by atoms with van der Waals surface area (Å²) in [7, 11) is 1.45. The molecule has 1 rings (SSSR count). The summed E-state index contributed by atoms with van der Waals surface area (Å²) < 4.78 is 4.95. The van der Waals surface area contributed by atoms with Crippen molar-refractivity contribution in [3.8, 4) is 11.2 Å². The maximum absolute atomic E-state index is 4.95. The average Bonchev–Trinajstić information content (AvgIpc) is 2.34. The Bertz CT molecular complexity index is 219. The molecule has 0 bridgehead atoms. The normalized spacial score (nSPS) is 8.11. The molecular weight excluding hydrogens is 247 g/mol. The maximum Gasteiger partial charge on any atom is 0.177 e. The predicted octanol–water partition coefficient (Wildman–Crippen LogP) is 2.67. The summed E-state index contributed by atoms with van der Waals surface area (Å²) in [5.74, 6) is 3.53. The van der Waals surface area contributed by atoms with Crippen LogP contribution in [0.15, 0.2) is 22.8 Å². The van der Waals surface area contributed by atoms with Gasteiger partial charge in [-0.25, -0.2) is 0 Å². The number of hydrogen-bond donors (Lipinski definition) is 0. The smallest absolute Gasteiger partial charge is 0.177 e. The summed E-state index contributed by atoms with van der Waals surface area (Å²) in [6, 6.07) is 3.65. The second-order valence-corrected chi connectivity index (χ2v) is 2.96. The molecular formula is C6H3IOS. The molecule has 0 aliphatic heterocycles. The van der Waals surface area contributed by atoms with Crippen LogP contribution in [0.3, 0.4) is 0 Å². The van der Waals surface area contributed by atoms with Gasteiger partial charge in [0.15, 0.2) is 5.76 Å². The minimum atomic E-state index is 0.721. The number of rotatable bonds is 0. The Hall–Kier alpha value is -0.0800. The van der Waals surface area contributed by atoms with Crippen molar-refractivity contribution in [3.63, 3.8) is 0 Å². The highest BCUT2D eigenvalue weighted by Crippen LogP contribution is 2.07. The van der Waals surface area contributed by atoms with Gasteiger partial charge in [-0.2, -0.15) is 0 Å². The Morgan fingerprint density at radius 3 is 3.11 bits per heavy atom. The van der Waals surface area contributed by atoms with Crippen LogP contribution in [0.5, 0.6) is 0 Å².